The maximum Gasteiger partial charge on any atom is 0.407 e. The van der Waals surface area contributed by atoms with Gasteiger partial charge in [0.1, 0.15) is 6.61 Å². The summed E-state index contributed by atoms with van der Waals surface area (Å²) >= 11 is 3.39. The third kappa shape index (κ3) is 9.47. The number of hydrogen-bond acceptors (Lipinski definition) is 3. The van der Waals surface area contributed by atoms with Crippen molar-refractivity contribution in [2.75, 3.05) is 11.9 Å². The summed E-state index contributed by atoms with van der Waals surface area (Å²) in [5.41, 5.74) is 0.944. The average molecular weight is 358 g/mol. The molecule has 21 heavy (non-hydrogen) atoms. The van der Waals surface area contributed by atoms with Gasteiger partial charge in [-0.15, -0.1) is 0 Å². The summed E-state index contributed by atoms with van der Waals surface area (Å²) in [5.74, 6) is 0. The first-order valence-electron chi connectivity index (χ1n) is 7.41. The van der Waals surface area contributed by atoms with Gasteiger partial charge in [0.2, 0.25) is 0 Å². The van der Waals surface area contributed by atoms with Crippen LogP contribution in [0.1, 0.15) is 37.7 Å². The van der Waals surface area contributed by atoms with E-state index >= 15 is 0 Å². The smallest absolute Gasteiger partial charge is 0.407 e. The van der Waals surface area contributed by atoms with Gasteiger partial charge in [-0.1, -0.05) is 65.5 Å². The second-order valence-electron chi connectivity index (χ2n) is 4.99. The number of nitrogens with one attached hydrogen (secondary N) is 1. The Morgan fingerprint density at radius 2 is 1.90 bits per heavy atom. The fraction of sp³-hybridized carbons (Fsp3) is 0.562. The lowest BCUT2D eigenvalue weighted by atomic mass is 10.1. The Bertz CT molecular complexity index is 386. The maximum atomic E-state index is 11.5. The topological polar surface area (TPSA) is 58.6 Å². The van der Waals surface area contributed by atoms with E-state index in [9.17, 15) is 9.90 Å². The lowest BCUT2D eigenvalue weighted by Gasteiger charge is -2.12. The number of aliphatic hydroxyl groups is 1. The van der Waals surface area contributed by atoms with Gasteiger partial charge in [-0.25, -0.2) is 4.79 Å². The molecule has 1 atom stereocenters. The van der Waals surface area contributed by atoms with Gasteiger partial charge in [-0.2, -0.15) is 0 Å². The Hall–Kier alpha value is -1.07. The molecule has 118 valence electrons. The molecule has 1 aromatic rings. The van der Waals surface area contributed by atoms with Crippen LogP contribution >= 0.6 is 15.9 Å². The van der Waals surface area contributed by atoms with Gasteiger partial charge in [-0.3, -0.25) is 0 Å². The number of alkyl halides is 1. The van der Waals surface area contributed by atoms with Gasteiger partial charge >= 0.3 is 6.09 Å². The Morgan fingerprint density at radius 1 is 1.19 bits per heavy atom. The number of alkyl carbamates (subject to hydrolysis) is 1. The highest BCUT2D eigenvalue weighted by molar-refractivity contribution is 9.09. The zero-order valence-electron chi connectivity index (χ0n) is 12.3. The van der Waals surface area contributed by atoms with Crippen LogP contribution in [0.15, 0.2) is 30.3 Å². The zero-order valence-corrected chi connectivity index (χ0v) is 13.8. The monoisotopic (exact) mass is 357 g/mol. The van der Waals surface area contributed by atoms with Crippen molar-refractivity contribution in [2.45, 2.75) is 44.8 Å². The Kier molecular flexibility index (Phi) is 9.91. The van der Waals surface area contributed by atoms with Crippen LogP contribution in [-0.2, 0) is 11.3 Å². The molecule has 1 aromatic carbocycles. The molecule has 0 radical (unpaired) electrons. The summed E-state index contributed by atoms with van der Waals surface area (Å²) in [4.78, 5) is 11.5. The third-order valence-electron chi connectivity index (χ3n) is 3.12. The van der Waals surface area contributed by atoms with E-state index in [1.807, 2.05) is 30.3 Å². The van der Waals surface area contributed by atoms with E-state index in [0.717, 1.165) is 23.7 Å². The zero-order chi connectivity index (χ0) is 15.3. The van der Waals surface area contributed by atoms with E-state index < -0.39 is 12.2 Å². The summed E-state index contributed by atoms with van der Waals surface area (Å²) in [6, 6.07) is 9.51. The number of hydrogen-bond donors (Lipinski definition) is 2. The van der Waals surface area contributed by atoms with Crippen molar-refractivity contribution >= 4 is 22.0 Å². The summed E-state index contributed by atoms with van der Waals surface area (Å²) in [7, 11) is 0. The van der Waals surface area contributed by atoms with Crippen LogP contribution in [0, 0.1) is 0 Å². The minimum absolute atomic E-state index is 0.242. The fourth-order valence-corrected chi connectivity index (χ4v) is 2.30. The van der Waals surface area contributed by atoms with Crippen LogP contribution in [0.25, 0.3) is 0 Å². The van der Waals surface area contributed by atoms with Gasteiger partial charge in [0.15, 0.2) is 0 Å². The number of ether oxygens (including phenoxy) is 1. The second-order valence-corrected chi connectivity index (χ2v) is 5.78. The fourth-order valence-electron chi connectivity index (χ4n) is 1.91. The van der Waals surface area contributed by atoms with E-state index in [1.165, 1.54) is 12.8 Å². The molecule has 4 nitrogen and oxygen atoms in total. The van der Waals surface area contributed by atoms with Crippen LogP contribution in [0.4, 0.5) is 4.79 Å². The van der Waals surface area contributed by atoms with Crippen LogP contribution < -0.4 is 5.32 Å². The molecule has 0 heterocycles. The molecule has 0 saturated heterocycles. The highest BCUT2D eigenvalue weighted by Crippen LogP contribution is 2.06. The number of unbranched alkanes of at least 4 members (excludes halogenated alkanes) is 3. The first-order valence-corrected chi connectivity index (χ1v) is 8.53. The van der Waals surface area contributed by atoms with Gasteiger partial charge in [-0.05, 0) is 18.4 Å². The number of amides is 1. The van der Waals surface area contributed by atoms with Crippen molar-refractivity contribution in [3.8, 4) is 0 Å². The predicted octanol–water partition coefficient (Wildman–Crippen LogP) is 3.62. The highest BCUT2D eigenvalue weighted by atomic mass is 79.9. The molecule has 0 saturated carbocycles. The first-order chi connectivity index (χ1) is 10.2. The molecule has 0 aromatic heterocycles. The SMILES string of the molecule is O=C(NC[C@H](O)CCCCCCBr)OCc1ccccc1. The van der Waals surface area contributed by atoms with E-state index in [0.29, 0.717) is 6.42 Å². The maximum absolute atomic E-state index is 11.5. The predicted molar refractivity (Wildman–Crippen MR) is 87.5 cm³/mol. The normalized spacial score (nSPS) is 11.9. The number of rotatable bonds is 10. The van der Waals surface area contributed by atoms with Gasteiger partial charge in [0, 0.05) is 11.9 Å². The number of benzene rings is 1. The molecule has 1 rings (SSSR count). The van der Waals surface area contributed by atoms with Crippen LogP contribution in [0.3, 0.4) is 0 Å². The number of aliphatic hydroxyl groups excluding tert-OH is 1. The van der Waals surface area contributed by atoms with E-state index in [2.05, 4.69) is 21.2 Å². The molecule has 0 bridgehead atoms. The van der Waals surface area contributed by atoms with Crippen molar-refractivity contribution in [1.82, 2.24) is 5.32 Å². The minimum atomic E-state index is -0.502. The molecular weight excluding hydrogens is 334 g/mol. The van der Waals surface area contributed by atoms with Gasteiger partial charge in [0.25, 0.3) is 0 Å². The van der Waals surface area contributed by atoms with Crippen molar-refractivity contribution in [3.63, 3.8) is 0 Å². The summed E-state index contributed by atoms with van der Waals surface area (Å²) in [6.45, 7) is 0.487. The Labute approximate surface area is 135 Å². The molecule has 0 unspecified atom stereocenters. The summed E-state index contributed by atoms with van der Waals surface area (Å²) in [6.07, 6.45) is 4.15. The lowest BCUT2D eigenvalue weighted by molar-refractivity contribution is 0.122. The molecule has 5 heteroatoms. The van der Waals surface area contributed by atoms with E-state index in [4.69, 9.17) is 4.74 Å². The number of halogens is 1. The van der Waals surface area contributed by atoms with Gasteiger partial charge < -0.3 is 15.2 Å². The molecule has 0 aliphatic rings. The van der Waals surface area contributed by atoms with E-state index in [-0.39, 0.29) is 13.2 Å². The summed E-state index contributed by atoms with van der Waals surface area (Å²) in [5, 5.41) is 13.4. The van der Waals surface area contributed by atoms with Crippen molar-refractivity contribution in [1.29, 1.82) is 0 Å². The van der Waals surface area contributed by atoms with E-state index in [1.54, 1.807) is 0 Å². The second kappa shape index (κ2) is 11.6. The minimum Gasteiger partial charge on any atom is -0.445 e. The lowest BCUT2D eigenvalue weighted by Crippen LogP contribution is -2.32. The first kappa shape index (κ1) is 18.0. The number of carbonyl (C=O) groups excluding carboxylic acids is 1. The largest absolute Gasteiger partial charge is 0.445 e. The van der Waals surface area contributed by atoms with Gasteiger partial charge in [0.05, 0.1) is 6.10 Å². The van der Waals surface area contributed by atoms with Crippen LogP contribution in [0.5, 0.6) is 0 Å². The highest BCUT2D eigenvalue weighted by Gasteiger charge is 2.07. The average Bonchev–Trinajstić information content (AvgIpc) is 2.51. The Morgan fingerprint density at radius 3 is 2.62 bits per heavy atom. The molecule has 0 aliphatic heterocycles. The number of carbonyl (C=O) groups is 1. The third-order valence-corrected chi connectivity index (χ3v) is 3.68. The molecule has 2 N–H and O–H groups in total. The molecular formula is C16H24BrNO3. The van der Waals surface area contributed by atoms with Crippen molar-refractivity contribution in [3.05, 3.63) is 35.9 Å². The summed E-state index contributed by atoms with van der Waals surface area (Å²) < 4.78 is 5.07. The van der Waals surface area contributed by atoms with Crippen LogP contribution in [-0.4, -0.2) is 29.2 Å². The molecule has 1 amide bonds. The molecule has 0 aliphatic carbocycles. The quantitative estimate of drug-likeness (QED) is 0.496. The molecule has 0 spiro atoms. The van der Waals surface area contributed by atoms with Crippen molar-refractivity contribution in [2.24, 2.45) is 0 Å². The molecule has 0 fully saturated rings. The Balaban J connectivity index is 2.04. The van der Waals surface area contributed by atoms with Crippen LogP contribution in [0.2, 0.25) is 0 Å². The standard InChI is InChI=1S/C16H24BrNO3/c17-11-7-2-1-6-10-15(19)12-18-16(20)21-13-14-8-4-3-5-9-14/h3-5,8-9,15,19H,1-2,6-7,10-13H2,(H,18,20)/t15-/m1/s1. The van der Waals surface area contributed by atoms with Crippen molar-refractivity contribution < 1.29 is 14.6 Å².